The van der Waals surface area contributed by atoms with Gasteiger partial charge in [0.1, 0.15) is 0 Å². The number of pyridine rings is 1. The lowest BCUT2D eigenvalue weighted by molar-refractivity contribution is 1.04. The quantitative estimate of drug-likeness (QED) is 0.861. The molecule has 0 unspecified atom stereocenters. The number of rotatable bonds is 3. The summed E-state index contributed by atoms with van der Waals surface area (Å²) in [4.78, 5) is 16.4. The smallest absolute Gasteiger partial charge is 0.249 e. The molecular formula is C15H16ClNOS. The summed E-state index contributed by atoms with van der Waals surface area (Å²) in [5.41, 5.74) is 4.19. The second-order valence-corrected chi connectivity index (χ2v) is 6.04. The molecule has 1 aromatic carbocycles. The third kappa shape index (κ3) is 3.43. The average Bonchev–Trinajstić information content (AvgIpc) is 2.26. The highest BCUT2D eigenvalue weighted by Crippen LogP contribution is 2.32. The molecule has 2 aromatic rings. The monoisotopic (exact) mass is 293 g/mol. The van der Waals surface area contributed by atoms with Crippen LogP contribution in [0.1, 0.15) is 22.4 Å². The Labute approximate surface area is 122 Å². The van der Waals surface area contributed by atoms with E-state index >= 15 is 0 Å². The topological polar surface area (TPSA) is 32.9 Å². The molecule has 1 aromatic heterocycles. The first-order chi connectivity index (χ1) is 8.99. The lowest BCUT2D eigenvalue weighted by Crippen LogP contribution is -2.09. The standard InChI is InChI=1S/C15H16ClNOS/c1-9-4-10(2)6-12(5-9)19-14-7-15(18)17-11(3)13(14)8-16/h4-7H,8H2,1-3H3,(H,17,18). The summed E-state index contributed by atoms with van der Waals surface area (Å²) in [6.45, 7) is 6.02. The first-order valence-corrected chi connectivity index (χ1v) is 7.39. The summed E-state index contributed by atoms with van der Waals surface area (Å²) in [6.07, 6.45) is 0. The Hall–Kier alpha value is -1.19. The number of halogens is 1. The molecule has 1 heterocycles. The number of hydrogen-bond acceptors (Lipinski definition) is 2. The van der Waals surface area contributed by atoms with Gasteiger partial charge in [0.05, 0.1) is 5.88 Å². The van der Waals surface area contributed by atoms with Gasteiger partial charge in [0, 0.05) is 27.1 Å². The molecule has 0 aliphatic carbocycles. The van der Waals surface area contributed by atoms with Gasteiger partial charge < -0.3 is 4.98 Å². The van der Waals surface area contributed by atoms with Crippen molar-refractivity contribution in [2.45, 2.75) is 36.4 Å². The van der Waals surface area contributed by atoms with Crippen LogP contribution in [0.25, 0.3) is 0 Å². The number of hydrogen-bond donors (Lipinski definition) is 1. The summed E-state index contributed by atoms with van der Waals surface area (Å²) in [6, 6.07) is 7.99. The van der Waals surface area contributed by atoms with Gasteiger partial charge in [-0.1, -0.05) is 17.8 Å². The minimum Gasteiger partial charge on any atom is -0.326 e. The highest BCUT2D eigenvalue weighted by atomic mass is 35.5. The Kier molecular flexibility index (Phi) is 4.38. The first kappa shape index (κ1) is 14.2. The zero-order chi connectivity index (χ0) is 14.0. The lowest BCUT2D eigenvalue weighted by Gasteiger charge is -2.10. The second kappa shape index (κ2) is 5.85. The number of H-pyrrole nitrogens is 1. The minimum atomic E-state index is -0.0850. The predicted octanol–water partition coefficient (Wildman–Crippen LogP) is 4.19. The molecule has 0 saturated heterocycles. The third-order valence-corrected chi connectivity index (χ3v) is 4.20. The lowest BCUT2D eigenvalue weighted by atomic mass is 10.2. The van der Waals surface area contributed by atoms with Crippen LogP contribution in [0.5, 0.6) is 0 Å². The molecule has 0 radical (unpaired) electrons. The predicted molar refractivity (Wildman–Crippen MR) is 81.4 cm³/mol. The van der Waals surface area contributed by atoms with E-state index in [1.54, 1.807) is 17.8 Å². The van der Waals surface area contributed by atoms with Crippen molar-refractivity contribution in [3.05, 3.63) is 57.0 Å². The minimum absolute atomic E-state index is 0.0850. The zero-order valence-electron chi connectivity index (χ0n) is 11.2. The van der Waals surface area contributed by atoms with Gasteiger partial charge in [0.2, 0.25) is 5.56 Å². The maximum atomic E-state index is 11.6. The number of nitrogens with one attached hydrogen (secondary N) is 1. The molecule has 0 aliphatic rings. The van der Waals surface area contributed by atoms with Gasteiger partial charge in [0.25, 0.3) is 0 Å². The molecule has 100 valence electrons. The second-order valence-electron chi connectivity index (χ2n) is 4.66. The van der Waals surface area contributed by atoms with Crippen LogP contribution in [0.4, 0.5) is 0 Å². The summed E-state index contributed by atoms with van der Waals surface area (Å²) < 4.78 is 0. The van der Waals surface area contributed by atoms with Gasteiger partial charge in [-0.15, -0.1) is 11.6 Å². The van der Waals surface area contributed by atoms with Crippen LogP contribution in [0.2, 0.25) is 0 Å². The largest absolute Gasteiger partial charge is 0.326 e. The molecule has 4 heteroatoms. The van der Waals surface area contributed by atoms with E-state index in [4.69, 9.17) is 11.6 Å². The van der Waals surface area contributed by atoms with Crippen LogP contribution >= 0.6 is 23.4 Å². The van der Waals surface area contributed by atoms with E-state index in [1.165, 1.54) is 11.1 Å². The number of alkyl halides is 1. The highest BCUT2D eigenvalue weighted by Gasteiger charge is 2.09. The fourth-order valence-electron chi connectivity index (χ4n) is 2.06. The number of aromatic amines is 1. The summed E-state index contributed by atoms with van der Waals surface area (Å²) in [5, 5.41) is 0. The van der Waals surface area contributed by atoms with Crippen molar-refractivity contribution in [2.24, 2.45) is 0 Å². The molecule has 2 nitrogen and oxygen atoms in total. The van der Waals surface area contributed by atoms with Crippen molar-refractivity contribution in [3.8, 4) is 0 Å². The molecule has 0 aliphatic heterocycles. The van der Waals surface area contributed by atoms with E-state index in [0.29, 0.717) is 5.88 Å². The molecular weight excluding hydrogens is 278 g/mol. The Balaban J connectivity index is 2.45. The summed E-state index contributed by atoms with van der Waals surface area (Å²) in [7, 11) is 0. The van der Waals surface area contributed by atoms with Crippen LogP contribution in [-0.4, -0.2) is 4.98 Å². The van der Waals surface area contributed by atoms with Crippen molar-refractivity contribution >= 4 is 23.4 Å². The van der Waals surface area contributed by atoms with E-state index < -0.39 is 0 Å². The third-order valence-electron chi connectivity index (χ3n) is 2.88. The Morgan fingerprint density at radius 2 is 1.74 bits per heavy atom. The van der Waals surface area contributed by atoms with Crippen LogP contribution in [0.15, 0.2) is 38.9 Å². The van der Waals surface area contributed by atoms with Crippen LogP contribution in [-0.2, 0) is 5.88 Å². The van der Waals surface area contributed by atoms with Gasteiger partial charge in [0.15, 0.2) is 0 Å². The van der Waals surface area contributed by atoms with Crippen molar-refractivity contribution in [3.63, 3.8) is 0 Å². The number of benzene rings is 1. The van der Waals surface area contributed by atoms with Crippen molar-refractivity contribution < 1.29 is 0 Å². The van der Waals surface area contributed by atoms with Crippen LogP contribution in [0, 0.1) is 20.8 Å². The molecule has 0 amide bonds. The highest BCUT2D eigenvalue weighted by molar-refractivity contribution is 7.99. The Morgan fingerprint density at radius 3 is 2.32 bits per heavy atom. The summed E-state index contributed by atoms with van der Waals surface area (Å²) in [5.74, 6) is 0.399. The van der Waals surface area contributed by atoms with Gasteiger partial charge in [-0.3, -0.25) is 4.79 Å². The van der Waals surface area contributed by atoms with Crippen molar-refractivity contribution in [1.29, 1.82) is 0 Å². The summed E-state index contributed by atoms with van der Waals surface area (Å²) >= 11 is 7.57. The number of aryl methyl sites for hydroxylation is 3. The molecule has 0 spiro atoms. The maximum Gasteiger partial charge on any atom is 0.249 e. The Morgan fingerprint density at radius 1 is 1.11 bits per heavy atom. The Bertz CT molecular complexity index is 643. The van der Waals surface area contributed by atoms with Gasteiger partial charge in [-0.2, -0.15) is 0 Å². The van der Waals surface area contributed by atoms with Gasteiger partial charge in [-0.25, -0.2) is 0 Å². The molecule has 19 heavy (non-hydrogen) atoms. The van der Waals surface area contributed by atoms with E-state index in [0.717, 1.165) is 21.0 Å². The van der Waals surface area contributed by atoms with Crippen molar-refractivity contribution in [2.75, 3.05) is 0 Å². The molecule has 2 rings (SSSR count). The first-order valence-electron chi connectivity index (χ1n) is 6.04. The SMILES string of the molecule is Cc1cc(C)cc(Sc2cc(=O)[nH]c(C)c2CCl)c1. The molecule has 0 saturated carbocycles. The fraction of sp³-hybridized carbons (Fsp3) is 0.267. The van der Waals surface area contributed by atoms with Crippen LogP contribution in [0.3, 0.4) is 0 Å². The number of aromatic nitrogens is 1. The zero-order valence-corrected chi connectivity index (χ0v) is 12.8. The molecule has 0 atom stereocenters. The molecule has 1 N–H and O–H groups in total. The van der Waals surface area contributed by atoms with E-state index in [1.807, 2.05) is 6.92 Å². The van der Waals surface area contributed by atoms with E-state index in [9.17, 15) is 4.79 Å². The normalized spacial score (nSPS) is 10.7. The van der Waals surface area contributed by atoms with Gasteiger partial charge >= 0.3 is 0 Å². The fourth-order valence-corrected chi connectivity index (χ4v) is 3.74. The van der Waals surface area contributed by atoms with E-state index in [2.05, 4.69) is 37.0 Å². The molecule has 0 bridgehead atoms. The maximum absolute atomic E-state index is 11.6. The average molecular weight is 294 g/mol. The van der Waals surface area contributed by atoms with Crippen LogP contribution < -0.4 is 5.56 Å². The van der Waals surface area contributed by atoms with E-state index in [-0.39, 0.29) is 5.56 Å². The molecule has 0 fully saturated rings. The van der Waals surface area contributed by atoms with Crippen molar-refractivity contribution in [1.82, 2.24) is 4.98 Å². The van der Waals surface area contributed by atoms with Gasteiger partial charge in [-0.05, 0) is 44.0 Å².